The number of nitrogens with one attached hydrogen (secondary N) is 2. The summed E-state index contributed by atoms with van der Waals surface area (Å²) in [6, 6.07) is 3.57. The van der Waals surface area contributed by atoms with Crippen LogP contribution in [-0.4, -0.2) is 41.7 Å². The summed E-state index contributed by atoms with van der Waals surface area (Å²) in [7, 11) is 0. The highest BCUT2D eigenvalue weighted by Crippen LogP contribution is 2.36. The molecule has 0 saturated heterocycles. The molecule has 1 aliphatic rings. The number of hydrogen-bond donors (Lipinski definition) is 2. The van der Waals surface area contributed by atoms with Gasteiger partial charge in [-0.2, -0.15) is 33.2 Å². The third kappa shape index (κ3) is 5.03. The van der Waals surface area contributed by atoms with E-state index in [0.717, 1.165) is 16.9 Å². The zero-order chi connectivity index (χ0) is 22.2. The van der Waals surface area contributed by atoms with E-state index in [0.29, 0.717) is 11.4 Å². The SMILES string of the molecule is Cc1cc(Nc2nc(N[C@H]3CCC(F)(F)C3)nc(-n3ccc(C(F)(F)F)n3)n2)ccn1. The van der Waals surface area contributed by atoms with Crippen LogP contribution in [0.2, 0.25) is 0 Å². The van der Waals surface area contributed by atoms with Crippen molar-refractivity contribution in [1.82, 2.24) is 29.7 Å². The van der Waals surface area contributed by atoms with Crippen molar-refractivity contribution >= 4 is 17.6 Å². The molecule has 3 aromatic heterocycles. The van der Waals surface area contributed by atoms with E-state index in [9.17, 15) is 22.0 Å². The maximum atomic E-state index is 13.5. The lowest BCUT2D eigenvalue weighted by Gasteiger charge is -2.14. The van der Waals surface area contributed by atoms with Gasteiger partial charge in [-0.3, -0.25) is 4.98 Å². The Morgan fingerprint density at radius 1 is 1.13 bits per heavy atom. The van der Waals surface area contributed by atoms with Crippen molar-refractivity contribution in [3.63, 3.8) is 0 Å². The highest BCUT2D eigenvalue weighted by atomic mass is 19.4. The third-order valence-electron chi connectivity index (χ3n) is 4.60. The number of halogens is 5. The lowest BCUT2D eigenvalue weighted by Crippen LogP contribution is -2.21. The Kier molecular flexibility index (Phi) is 5.19. The van der Waals surface area contributed by atoms with Crippen molar-refractivity contribution < 1.29 is 22.0 Å². The summed E-state index contributed by atoms with van der Waals surface area (Å²) in [6.45, 7) is 1.78. The van der Waals surface area contributed by atoms with E-state index < -0.39 is 23.8 Å². The summed E-state index contributed by atoms with van der Waals surface area (Å²) < 4.78 is 66.6. The van der Waals surface area contributed by atoms with Crippen molar-refractivity contribution in [3.05, 3.63) is 42.0 Å². The molecule has 0 amide bonds. The number of rotatable bonds is 5. The Balaban J connectivity index is 1.67. The molecule has 4 rings (SSSR count). The van der Waals surface area contributed by atoms with Crippen LogP contribution in [0, 0.1) is 6.92 Å². The molecule has 3 heterocycles. The van der Waals surface area contributed by atoms with Gasteiger partial charge in [-0.15, -0.1) is 0 Å². The van der Waals surface area contributed by atoms with E-state index in [1.165, 1.54) is 0 Å². The van der Waals surface area contributed by atoms with Gasteiger partial charge in [-0.1, -0.05) is 0 Å². The molecule has 0 radical (unpaired) electrons. The van der Waals surface area contributed by atoms with E-state index in [2.05, 4.69) is 35.7 Å². The van der Waals surface area contributed by atoms with E-state index >= 15 is 0 Å². The first kappa shape index (κ1) is 20.9. The molecule has 2 N–H and O–H groups in total. The van der Waals surface area contributed by atoms with Gasteiger partial charge in [0.15, 0.2) is 5.69 Å². The number of pyridine rings is 1. The minimum atomic E-state index is -4.63. The highest BCUT2D eigenvalue weighted by Gasteiger charge is 2.40. The first-order chi connectivity index (χ1) is 14.6. The van der Waals surface area contributed by atoms with Gasteiger partial charge in [0, 0.05) is 42.7 Å². The van der Waals surface area contributed by atoms with Crippen LogP contribution < -0.4 is 10.6 Å². The molecule has 1 fully saturated rings. The molecule has 0 bridgehead atoms. The molecule has 31 heavy (non-hydrogen) atoms. The predicted molar refractivity (Wildman–Crippen MR) is 100 cm³/mol. The maximum Gasteiger partial charge on any atom is 0.435 e. The van der Waals surface area contributed by atoms with Crippen LogP contribution in [0.5, 0.6) is 0 Å². The first-order valence-electron chi connectivity index (χ1n) is 9.31. The average Bonchev–Trinajstić information content (AvgIpc) is 3.28. The zero-order valence-electron chi connectivity index (χ0n) is 16.2. The van der Waals surface area contributed by atoms with Gasteiger partial charge in [-0.25, -0.2) is 13.5 Å². The van der Waals surface area contributed by atoms with Crippen LogP contribution in [0.3, 0.4) is 0 Å². The van der Waals surface area contributed by atoms with E-state index in [-0.39, 0.29) is 37.1 Å². The molecule has 0 unspecified atom stereocenters. The molecule has 1 atom stereocenters. The number of hydrogen-bond acceptors (Lipinski definition) is 7. The number of nitrogens with zero attached hydrogens (tertiary/aromatic N) is 6. The molecule has 3 aromatic rings. The molecule has 0 aromatic carbocycles. The third-order valence-corrected chi connectivity index (χ3v) is 4.60. The van der Waals surface area contributed by atoms with Gasteiger partial charge in [0.2, 0.25) is 17.8 Å². The summed E-state index contributed by atoms with van der Waals surface area (Å²) in [4.78, 5) is 16.4. The van der Waals surface area contributed by atoms with E-state index in [1.807, 2.05) is 0 Å². The normalized spacial score (nSPS) is 18.2. The molecule has 1 aliphatic carbocycles. The van der Waals surface area contributed by atoms with Gasteiger partial charge in [0.05, 0.1) is 0 Å². The van der Waals surface area contributed by atoms with Crippen LogP contribution in [0.15, 0.2) is 30.6 Å². The molecular formula is C18H17F5N8. The number of aromatic nitrogens is 6. The summed E-state index contributed by atoms with van der Waals surface area (Å²) in [5, 5.41) is 9.21. The Hall–Kier alpha value is -3.38. The van der Waals surface area contributed by atoms with Gasteiger partial charge >= 0.3 is 6.18 Å². The summed E-state index contributed by atoms with van der Waals surface area (Å²) in [5.74, 6) is -3.03. The Labute approximate surface area is 173 Å². The van der Waals surface area contributed by atoms with Crippen molar-refractivity contribution in [3.8, 4) is 5.95 Å². The van der Waals surface area contributed by atoms with Crippen molar-refractivity contribution in [2.75, 3.05) is 10.6 Å². The standard InChI is InChI=1S/C18H17F5N8/c1-10-8-11(3-6-24-10)25-14-27-15(26-12-2-5-17(19,20)9-12)29-16(28-14)31-7-4-13(30-31)18(21,22)23/h3-4,6-8,12H,2,5,9H2,1H3,(H2,24,25,26,27,28,29)/t12-/m0/s1. The van der Waals surface area contributed by atoms with Gasteiger partial charge in [-0.05, 0) is 31.5 Å². The fourth-order valence-corrected chi connectivity index (χ4v) is 3.18. The first-order valence-corrected chi connectivity index (χ1v) is 9.31. The second-order valence-corrected chi connectivity index (χ2v) is 7.18. The molecule has 1 saturated carbocycles. The number of anilines is 3. The van der Waals surface area contributed by atoms with Crippen molar-refractivity contribution in [2.24, 2.45) is 0 Å². The molecule has 13 heteroatoms. The number of alkyl halides is 5. The summed E-state index contributed by atoms with van der Waals surface area (Å²) >= 11 is 0. The largest absolute Gasteiger partial charge is 0.435 e. The van der Waals surface area contributed by atoms with Crippen LogP contribution in [0.1, 0.15) is 30.7 Å². The maximum absolute atomic E-state index is 13.5. The van der Waals surface area contributed by atoms with Crippen LogP contribution in [-0.2, 0) is 6.18 Å². The summed E-state index contributed by atoms with van der Waals surface area (Å²) in [6.07, 6.45) is -2.46. The smallest absolute Gasteiger partial charge is 0.351 e. The van der Waals surface area contributed by atoms with Crippen LogP contribution in [0.25, 0.3) is 5.95 Å². The fourth-order valence-electron chi connectivity index (χ4n) is 3.18. The molecule has 0 aliphatic heterocycles. The minimum absolute atomic E-state index is 0.00640. The van der Waals surface area contributed by atoms with Gasteiger partial charge in [0.25, 0.3) is 5.95 Å². The van der Waals surface area contributed by atoms with Crippen molar-refractivity contribution in [1.29, 1.82) is 0 Å². The minimum Gasteiger partial charge on any atom is -0.351 e. The predicted octanol–water partition coefficient (Wildman–Crippen LogP) is 4.12. The Morgan fingerprint density at radius 3 is 2.55 bits per heavy atom. The number of aryl methyl sites for hydroxylation is 1. The van der Waals surface area contributed by atoms with Crippen LogP contribution in [0.4, 0.5) is 39.5 Å². The molecular weight excluding hydrogens is 423 g/mol. The molecule has 8 nitrogen and oxygen atoms in total. The van der Waals surface area contributed by atoms with Gasteiger partial charge in [0.1, 0.15) is 0 Å². The molecule has 0 spiro atoms. The van der Waals surface area contributed by atoms with Crippen molar-refractivity contribution in [2.45, 2.75) is 44.3 Å². The highest BCUT2D eigenvalue weighted by molar-refractivity contribution is 5.54. The molecule has 164 valence electrons. The quantitative estimate of drug-likeness (QED) is 0.577. The zero-order valence-corrected chi connectivity index (χ0v) is 16.2. The van der Waals surface area contributed by atoms with Gasteiger partial charge < -0.3 is 10.6 Å². The lowest BCUT2D eigenvalue weighted by molar-refractivity contribution is -0.141. The average molecular weight is 440 g/mol. The van der Waals surface area contributed by atoms with E-state index in [1.54, 1.807) is 25.3 Å². The second kappa shape index (κ2) is 7.71. The summed E-state index contributed by atoms with van der Waals surface area (Å²) in [5.41, 5.74) is 0.185. The Bertz CT molecular complexity index is 1080. The fraction of sp³-hybridized carbons (Fsp3) is 0.389. The Morgan fingerprint density at radius 2 is 1.90 bits per heavy atom. The second-order valence-electron chi connectivity index (χ2n) is 7.18. The lowest BCUT2D eigenvalue weighted by atomic mass is 10.2. The van der Waals surface area contributed by atoms with E-state index in [4.69, 9.17) is 0 Å². The van der Waals surface area contributed by atoms with Crippen LogP contribution >= 0.6 is 0 Å². The topological polar surface area (TPSA) is 93.4 Å². The monoisotopic (exact) mass is 440 g/mol.